The summed E-state index contributed by atoms with van der Waals surface area (Å²) in [6.45, 7) is -0.276. The molecule has 2 saturated heterocycles. The molecule has 0 saturated carbocycles. The Hall–Kier alpha value is -1.82. The molecule has 4 rings (SSSR count). The molecule has 5 atom stereocenters. The fourth-order valence-electron chi connectivity index (χ4n) is 2.69. The molecule has 4 N–H and O–H groups in total. The van der Waals surface area contributed by atoms with Crippen molar-refractivity contribution >= 4 is 24.9 Å². The van der Waals surface area contributed by atoms with Crippen molar-refractivity contribution in [2.75, 3.05) is 12.3 Å². The van der Waals surface area contributed by atoms with Crippen LogP contribution in [0.4, 0.5) is 5.95 Å². The third kappa shape index (κ3) is 2.27. The molecule has 2 aromatic heterocycles. The second-order valence-electron chi connectivity index (χ2n) is 5.14. The number of anilines is 1. The maximum Gasteiger partial charge on any atom is 0.280 e. The first-order valence-corrected chi connectivity index (χ1v) is 8.01. The van der Waals surface area contributed by atoms with Crippen molar-refractivity contribution in [1.29, 1.82) is 0 Å². The molecule has 2 aliphatic heterocycles. The number of nitrogen functional groups attached to an aromatic ring is 1. The topological polar surface area (TPSA) is 178 Å². The van der Waals surface area contributed by atoms with E-state index in [0.717, 1.165) is 0 Å². The molecule has 0 aromatic carbocycles. The van der Waals surface area contributed by atoms with Crippen LogP contribution >= 0.6 is 7.82 Å². The normalized spacial score (nSPS) is 37.1. The predicted molar refractivity (Wildman–Crippen MR) is 70.9 cm³/mol. The molecule has 4 heterocycles. The first-order chi connectivity index (χ1) is 10.9. The van der Waals surface area contributed by atoms with Crippen LogP contribution in [-0.4, -0.2) is 49.5 Å². The lowest BCUT2D eigenvalue weighted by Gasteiger charge is -2.34. The zero-order valence-corrected chi connectivity index (χ0v) is 12.3. The van der Waals surface area contributed by atoms with Gasteiger partial charge in [0.15, 0.2) is 17.4 Å². The highest BCUT2D eigenvalue weighted by atomic mass is 31.2. The molecule has 13 heteroatoms. The van der Waals surface area contributed by atoms with Crippen molar-refractivity contribution in [2.45, 2.75) is 24.5 Å². The Balaban J connectivity index is 1.75. The minimum absolute atomic E-state index is 0.0107. The molecule has 124 valence electrons. The van der Waals surface area contributed by atoms with E-state index in [1.807, 2.05) is 0 Å². The molecule has 0 aliphatic carbocycles. The maximum absolute atomic E-state index is 11.8. The van der Waals surface area contributed by atoms with E-state index in [4.69, 9.17) is 15.0 Å². The van der Waals surface area contributed by atoms with E-state index in [1.54, 1.807) is 0 Å². The molecule has 23 heavy (non-hydrogen) atoms. The number of rotatable bonds is 1. The highest BCUT2D eigenvalue weighted by molar-refractivity contribution is 7.45. The number of aliphatic hydroxyl groups is 1. The third-order valence-electron chi connectivity index (χ3n) is 3.68. The molecule has 2 fully saturated rings. The van der Waals surface area contributed by atoms with Crippen LogP contribution in [0, 0.1) is 0 Å². The Kier molecular flexibility index (Phi) is 3.10. The summed E-state index contributed by atoms with van der Waals surface area (Å²) < 4.78 is 27.5. The Morgan fingerprint density at radius 3 is 3.13 bits per heavy atom. The molecule has 12 nitrogen and oxygen atoms in total. The lowest BCUT2D eigenvalue weighted by molar-refractivity contribution is -0.245. The minimum Gasteiger partial charge on any atom is -0.756 e. The van der Waals surface area contributed by atoms with E-state index in [2.05, 4.69) is 19.5 Å². The van der Waals surface area contributed by atoms with Gasteiger partial charge in [0.1, 0.15) is 18.3 Å². The number of phosphoric acid groups is 1. The van der Waals surface area contributed by atoms with Gasteiger partial charge in [0.05, 0.1) is 12.9 Å². The van der Waals surface area contributed by atoms with E-state index in [-0.39, 0.29) is 23.7 Å². The third-order valence-corrected chi connectivity index (χ3v) is 4.65. The first-order valence-electron chi connectivity index (χ1n) is 6.55. The quantitative estimate of drug-likeness (QED) is 0.483. The van der Waals surface area contributed by atoms with Gasteiger partial charge in [-0.1, -0.05) is 0 Å². The van der Waals surface area contributed by atoms with Crippen LogP contribution in [0.3, 0.4) is 0 Å². The van der Waals surface area contributed by atoms with Crippen LogP contribution in [0.25, 0.3) is 11.2 Å². The standard InChI is InChI=1S/C10H12N5O7P/c11-10-13-7-4(8(17)14-10)12-2-15(7)9-5(16)6-3(21-9)1-20-23(18,19)22-6/h2-3,5-6,9,16H,1H2,(H,18,19)(H3,11,13,14,17)/p-1. The van der Waals surface area contributed by atoms with Crippen molar-refractivity contribution in [3.63, 3.8) is 0 Å². The van der Waals surface area contributed by atoms with Gasteiger partial charge in [-0.25, -0.2) is 4.98 Å². The summed E-state index contributed by atoms with van der Waals surface area (Å²) in [4.78, 5) is 33.3. The van der Waals surface area contributed by atoms with Crippen molar-refractivity contribution < 1.29 is 28.3 Å². The van der Waals surface area contributed by atoms with Crippen molar-refractivity contribution in [3.05, 3.63) is 16.7 Å². The molecule has 0 spiro atoms. The highest BCUT2D eigenvalue weighted by Crippen LogP contribution is 2.49. The summed E-state index contributed by atoms with van der Waals surface area (Å²) in [5.41, 5.74) is 5.07. The molecular formula is C10H11N5O7P-. The fraction of sp³-hybridized carbons (Fsp3) is 0.500. The number of imidazole rings is 1. The van der Waals surface area contributed by atoms with Gasteiger partial charge in [0.25, 0.3) is 13.4 Å². The highest BCUT2D eigenvalue weighted by Gasteiger charge is 2.50. The monoisotopic (exact) mass is 344 g/mol. The summed E-state index contributed by atoms with van der Waals surface area (Å²) in [6.07, 6.45) is -3.04. The van der Waals surface area contributed by atoms with Gasteiger partial charge >= 0.3 is 0 Å². The van der Waals surface area contributed by atoms with Crippen LogP contribution in [0.5, 0.6) is 0 Å². The summed E-state index contributed by atoms with van der Waals surface area (Å²) in [7, 11) is -4.47. The Bertz CT molecular complexity index is 880. The molecule has 0 radical (unpaired) electrons. The number of aromatic amines is 1. The molecular weight excluding hydrogens is 333 g/mol. The van der Waals surface area contributed by atoms with Crippen molar-refractivity contribution in [2.24, 2.45) is 0 Å². The number of hydrogen-bond acceptors (Lipinski definition) is 10. The van der Waals surface area contributed by atoms with Crippen LogP contribution in [0.2, 0.25) is 0 Å². The maximum atomic E-state index is 11.8. The average Bonchev–Trinajstić information content (AvgIpc) is 3.00. The molecule has 2 aliphatic rings. The van der Waals surface area contributed by atoms with E-state index >= 15 is 0 Å². The summed E-state index contributed by atoms with van der Waals surface area (Å²) >= 11 is 0. The van der Waals surface area contributed by atoms with Crippen molar-refractivity contribution in [1.82, 2.24) is 19.5 Å². The number of fused-ring (bicyclic) bond motifs is 2. The van der Waals surface area contributed by atoms with Crippen LogP contribution in [0.15, 0.2) is 11.1 Å². The first kappa shape index (κ1) is 14.8. The van der Waals surface area contributed by atoms with E-state index < -0.39 is 37.9 Å². The van der Waals surface area contributed by atoms with Gasteiger partial charge < -0.3 is 29.5 Å². The summed E-state index contributed by atoms with van der Waals surface area (Å²) in [5.74, 6) is -0.127. The Morgan fingerprint density at radius 2 is 2.35 bits per heavy atom. The number of nitrogens with one attached hydrogen (secondary N) is 1. The second kappa shape index (κ2) is 4.84. The second-order valence-corrected chi connectivity index (χ2v) is 6.51. The van der Waals surface area contributed by atoms with E-state index in [1.165, 1.54) is 10.9 Å². The summed E-state index contributed by atoms with van der Waals surface area (Å²) in [5, 5.41) is 10.3. The smallest absolute Gasteiger partial charge is 0.280 e. The van der Waals surface area contributed by atoms with Gasteiger partial charge in [-0.3, -0.25) is 18.9 Å². The predicted octanol–water partition coefficient (Wildman–Crippen LogP) is -2.16. The van der Waals surface area contributed by atoms with E-state index in [0.29, 0.717) is 0 Å². The fourth-order valence-corrected chi connectivity index (χ4v) is 3.64. The average molecular weight is 344 g/mol. The number of H-pyrrole nitrogens is 1. The number of nitrogens with zero attached hydrogens (tertiary/aromatic N) is 3. The molecule has 0 amide bonds. The van der Waals surface area contributed by atoms with Crippen molar-refractivity contribution in [3.8, 4) is 0 Å². The largest absolute Gasteiger partial charge is 0.756 e. The number of aliphatic hydroxyl groups excluding tert-OH is 1. The number of hydrogen-bond donors (Lipinski definition) is 3. The SMILES string of the molecule is Nc1nc2c(ncn2C2OC3COP(=O)([O-])OC3C2O)c(=O)[nH]1. The van der Waals surface area contributed by atoms with Gasteiger partial charge in [-0.15, -0.1) is 0 Å². The van der Waals surface area contributed by atoms with Gasteiger partial charge in [-0.2, -0.15) is 4.98 Å². The number of ether oxygens (including phenoxy) is 1. The van der Waals surface area contributed by atoms with Crippen LogP contribution in [-0.2, 0) is 18.3 Å². The molecule has 0 bridgehead atoms. The lowest BCUT2D eigenvalue weighted by atomic mass is 10.1. The number of nitrogens with two attached hydrogens (primary N) is 1. The van der Waals surface area contributed by atoms with Crippen LogP contribution < -0.4 is 16.2 Å². The zero-order valence-electron chi connectivity index (χ0n) is 11.4. The number of aromatic nitrogens is 4. The number of phosphoric ester groups is 1. The van der Waals surface area contributed by atoms with Gasteiger partial charge in [0.2, 0.25) is 5.95 Å². The molecule has 5 unspecified atom stereocenters. The van der Waals surface area contributed by atoms with Gasteiger partial charge in [-0.05, 0) is 0 Å². The molecule has 2 aromatic rings. The minimum atomic E-state index is -4.47. The lowest BCUT2D eigenvalue weighted by Crippen LogP contribution is -2.41. The Morgan fingerprint density at radius 1 is 1.57 bits per heavy atom. The summed E-state index contributed by atoms with van der Waals surface area (Å²) in [6, 6.07) is 0. The van der Waals surface area contributed by atoms with E-state index in [9.17, 15) is 19.4 Å². The van der Waals surface area contributed by atoms with Gasteiger partial charge in [0, 0.05) is 0 Å². The van der Waals surface area contributed by atoms with Crippen LogP contribution in [0.1, 0.15) is 6.23 Å². The zero-order chi connectivity index (χ0) is 16.4. The Labute approximate surface area is 127 Å².